The highest BCUT2D eigenvalue weighted by Crippen LogP contribution is 2.23. The first-order valence-corrected chi connectivity index (χ1v) is 7.67. The van der Waals surface area contributed by atoms with Crippen LogP contribution < -0.4 is 0 Å². The molecule has 0 aromatic carbocycles. The predicted octanol–water partition coefficient (Wildman–Crippen LogP) is 2.02. The van der Waals surface area contributed by atoms with Gasteiger partial charge in [0.05, 0.1) is 6.61 Å². The first-order chi connectivity index (χ1) is 9.40. The fourth-order valence-electron chi connectivity index (χ4n) is 3.30. The number of piperidine rings is 1. The predicted molar refractivity (Wildman–Crippen MR) is 74.9 cm³/mol. The lowest BCUT2D eigenvalue weighted by Gasteiger charge is -2.33. The molecule has 4 nitrogen and oxygen atoms in total. The highest BCUT2D eigenvalue weighted by molar-refractivity contribution is 4.79. The van der Waals surface area contributed by atoms with E-state index in [1.165, 1.54) is 45.3 Å². The molecule has 0 bridgehead atoms. The molecular formula is C15H25N3O. The van der Waals surface area contributed by atoms with Crippen LogP contribution in [0.3, 0.4) is 0 Å². The van der Waals surface area contributed by atoms with E-state index < -0.39 is 0 Å². The van der Waals surface area contributed by atoms with Crippen molar-refractivity contribution in [1.29, 1.82) is 0 Å². The SMILES string of the molecule is c1cnn(CCC2CCN(C[C@H]3CCOC3)CC2)c1. The Morgan fingerprint density at radius 1 is 1.16 bits per heavy atom. The van der Waals surface area contributed by atoms with Gasteiger partial charge in [0.15, 0.2) is 0 Å². The largest absolute Gasteiger partial charge is 0.381 e. The molecular weight excluding hydrogens is 238 g/mol. The molecule has 1 aromatic rings. The van der Waals surface area contributed by atoms with Crippen LogP contribution in [0.1, 0.15) is 25.7 Å². The van der Waals surface area contributed by atoms with Gasteiger partial charge in [-0.05, 0) is 56.7 Å². The topological polar surface area (TPSA) is 30.3 Å². The number of likely N-dealkylation sites (tertiary alicyclic amines) is 1. The summed E-state index contributed by atoms with van der Waals surface area (Å²) in [5, 5.41) is 4.28. The molecule has 2 aliphatic rings. The van der Waals surface area contributed by atoms with Gasteiger partial charge in [0, 0.05) is 32.1 Å². The van der Waals surface area contributed by atoms with Crippen molar-refractivity contribution in [3.63, 3.8) is 0 Å². The number of aromatic nitrogens is 2. The monoisotopic (exact) mass is 263 g/mol. The highest BCUT2D eigenvalue weighted by atomic mass is 16.5. The molecule has 2 fully saturated rings. The third-order valence-corrected chi connectivity index (χ3v) is 4.57. The Bertz CT molecular complexity index is 351. The minimum atomic E-state index is 0.792. The summed E-state index contributed by atoms with van der Waals surface area (Å²) in [4.78, 5) is 2.64. The Morgan fingerprint density at radius 2 is 2.05 bits per heavy atom. The van der Waals surface area contributed by atoms with Crippen molar-refractivity contribution in [1.82, 2.24) is 14.7 Å². The standard InChI is InChI=1S/C15H25N3O/c1-6-16-18(7-1)10-4-14-2-8-17(9-3-14)12-15-5-11-19-13-15/h1,6-7,14-15H,2-5,8-13H2/t15-/m1/s1. The van der Waals surface area contributed by atoms with E-state index in [1.807, 2.05) is 12.3 Å². The van der Waals surface area contributed by atoms with Crippen molar-refractivity contribution in [2.75, 3.05) is 32.8 Å². The molecule has 0 unspecified atom stereocenters. The van der Waals surface area contributed by atoms with Gasteiger partial charge in [0.1, 0.15) is 0 Å². The van der Waals surface area contributed by atoms with Gasteiger partial charge >= 0.3 is 0 Å². The van der Waals surface area contributed by atoms with E-state index in [1.54, 1.807) is 0 Å². The van der Waals surface area contributed by atoms with Crippen LogP contribution in [0, 0.1) is 11.8 Å². The van der Waals surface area contributed by atoms with E-state index in [4.69, 9.17) is 4.74 Å². The smallest absolute Gasteiger partial charge is 0.0507 e. The van der Waals surface area contributed by atoms with E-state index in [2.05, 4.69) is 20.9 Å². The zero-order chi connectivity index (χ0) is 12.9. The van der Waals surface area contributed by atoms with Crippen molar-refractivity contribution in [2.45, 2.75) is 32.2 Å². The third-order valence-electron chi connectivity index (χ3n) is 4.57. The summed E-state index contributed by atoms with van der Waals surface area (Å²) in [6.45, 7) is 6.85. The number of hydrogen-bond acceptors (Lipinski definition) is 3. The molecule has 0 saturated carbocycles. The minimum Gasteiger partial charge on any atom is -0.381 e. The fourth-order valence-corrected chi connectivity index (χ4v) is 3.30. The summed E-state index contributed by atoms with van der Waals surface area (Å²) in [7, 11) is 0. The normalized spacial score (nSPS) is 26.0. The van der Waals surface area contributed by atoms with Crippen LogP contribution in [0.2, 0.25) is 0 Å². The van der Waals surface area contributed by atoms with Gasteiger partial charge in [-0.2, -0.15) is 5.10 Å². The second-order valence-corrected chi connectivity index (χ2v) is 6.03. The minimum absolute atomic E-state index is 0.792. The Balaban J connectivity index is 1.34. The van der Waals surface area contributed by atoms with Gasteiger partial charge in [-0.1, -0.05) is 0 Å². The molecule has 1 aromatic heterocycles. The van der Waals surface area contributed by atoms with Crippen LogP contribution in [0.5, 0.6) is 0 Å². The number of nitrogens with zero attached hydrogens (tertiary/aromatic N) is 3. The highest BCUT2D eigenvalue weighted by Gasteiger charge is 2.23. The van der Waals surface area contributed by atoms with Gasteiger partial charge in [-0.15, -0.1) is 0 Å². The summed E-state index contributed by atoms with van der Waals surface area (Å²) < 4.78 is 7.52. The first kappa shape index (κ1) is 13.1. The van der Waals surface area contributed by atoms with Crippen LogP contribution in [0.4, 0.5) is 0 Å². The number of rotatable bonds is 5. The molecule has 2 aliphatic heterocycles. The molecule has 0 radical (unpaired) electrons. The van der Waals surface area contributed by atoms with E-state index in [-0.39, 0.29) is 0 Å². The van der Waals surface area contributed by atoms with Gasteiger partial charge < -0.3 is 9.64 Å². The van der Waals surface area contributed by atoms with E-state index in [9.17, 15) is 0 Å². The Labute approximate surface area is 115 Å². The van der Waals surface area contributed by atoms with Crippen LogP contribution in [-0.4, -0.2) is 47.5 Å². The quantitative estimate of drug-likeness (QED) is 0.814. The maximum atomic E-state index is 5.46. The van der Waals surface area contributed by atoms with Gasteiger partial charge in [-0.3, -0.25) is 4.68 Å². The zero-order valence-corrected chi connectivity index (χ0v) is 11.7. The summed E-state index contributed by atoms with van der Waals surface area (Å²) in [5.41, 5.74) is 0. The van der Waals surface area contributed by atoms with Crippen molar-refractivity contribution in [3.05, 3.63) is 18.5 Å². The van der Waals surface area contributed by atoms with Crippen LogP contribution in [-0.2, 0) is 11.3 Å². The average Bonchev–Trinajstić information content (AvgIpc) is 3.11. The number of aryl methyl sites for hydroxylation is 1. The lowest BCUT2D eigenvalue weighted by molar-refractivity contribution is 0.137. The van der Waals surface area contributed by atoms with E-state index in [0.717, 1.165) is 31.6 Å². The van der Waals surface area contributed by atoms with Gasteiger partial charge in [0.25, 0.3) is 0 Å². The van der Waals surface area contributed by atoms with Gasteiger partial charge in [0.2, 0.25) is 0 Å². The molecule has 106 valence electrons. The molecule has 0 amide bonds. The number of hydrogen-bond donors (Lipinski definition) is 0. The molecule has 19 heavy (non-hydrogen) atoms. The molecule has 4 heteroatoms. The molecule has 3 heterocycles. The molecule has 0 aliphatic carbocycles. The lowest BCUT2D eigenvalue weighted by atomic mass is 9.93. The molecule has 0 N–H and O–H groups in total. The maximum Gasteiger partial charge on any atom is 0.0507 e. The second kappa shape index (κ2) is 6.53. The summed E-state index contributed by atoms with van der Waals surface area (Å²) in [6.07, 6.45) is 9.19. The Morgan fingerprint density at radius 3 is 2.74 bits per heavy atom. The van der Waals surface area contributed by atoms with E-state index in [0.29, 0.717) is 0 Å². The van der Waals surface area contributed by atoms with Crippen molar-refractivity contribution in [2.24, 2.45) is 11.8 Å². The van der Waals surface area contributed by atoms with Crippen molar-refractivity contribution < 1.29 is 4.74 Å². The summed E-state index contributed by atoms with van der Waals surface area (Å²) >= 11 is 0. The lowest BCUT2D eigenvalue weighted by Crippen LogP contribution is -2.37. The summed E-state index contributed by atoms with van der Waals surface area (Å²) in [6, 6.07) is 2.01. The van der Waals surface area contributed by atoms with Gasteiger partial charge in [-0.25, -0.2) is 0 Å². The average molecular weight is 263 g/mol. The van der Waals surface area contributed by atoms with E-state index >= 15 is 0 Å². The molecule has 0 spiro atoms. The van der Waals surface area contributed by atoms with Crippen molar-refractivity contribution in [3.8, 4) is 0 Å². The van der Waals surface area contributed by atoms with Crippen molar-refractivity contribution >= 4 is 0 Å². The fraction of sp³-hybridized carbons (Fsp3) is 0.800. The summed E-state index contributed by atoms with van der Waals surface area (Å²) in [5.74, 6) is 1.68. The molecule has 2 saturated heterocycles. The first-order valence-electron chi connectivity index (χ1n) is 7.67. The zero-order valence-electron chi connectivity index (χ0n) is 11.7. The Kier molecular flexibility index (Phi) is 4.51. The van der Waals surface area contributed by atoms with Crippen LogP contribution >= 0.6 is 0 Å². The Hall–Kier alpha value is -0.870. The van der Waals surface area contributed by atoms with Crippen LogP contribution in [0.15, 0.2) is 18.5 Å². The second-order valence-electron chi connectivity index (χ2n) is 6.03. The molecule has 3 rings (SSSR count). The number of ether oxygens (including phenoxy) is 1. The van der Waals surface area contributed by atoms with Crippen LogP contribution in [0.25, 0.3) is 0 Å². The maximum absolute atomic E-state index is 5.46. The third kappa shape index (κ3) is 3.80. The molecule has 1 atom stereocenters.